The van der Waals surface area contributed by atoms with E-state index in [0.29, 0.717) is 29.4 Å². The molecule has 2 heterocycles. The predicted octanol–water partition coefficient (Wildman–Crippen LogP) is 3.23. The van der Waals surface area contributed by atoms with Crippen molar-refractivity contribution in [3.05, 3.63) is 40.5 Å². The van der Waals surface area contributed by atoms with Gasteiger partial charge in [-0.2, -0.15) is 4.98 Å². The molecule has 7 heteroatoms. The summed E-state index contributed by atoms with van der Waals surface area (Å²) in [5.41, 5.74) is 1.78. The molecule has 3 rings (SSSR count). The van der Waals surface area contributed by atoms with E-state index in [-0.39, 0.29) is 12.4 Å². The number of hydrogen-bond acceptors (Lipinski definition) is 5. The molecule has 118 valence electrons. The summed E-state index contributed by atoms with van der Waals surface area (Å²) in [4.78, 5) is 4.42. The molecule has 1 aliphatic heterocycles. The Morgan fingerprint density at radius 3 is 3.00 bits per heavy atom. The van der Waals surface area contributed by atoms with E-state index >= 15 is 0 Å². The highest BCUT2D eigenvalue weighted by Gasteiger charge is 2.18. The van der Waals surface area contributed by atoms with Gasteiger partial charge >= 0.3 is 0 Å². The van der Waals surface area contributed by atoms with E-state index in [9.17, 15) is 0 Å². The Balaban J connectivity index is 0.00000176. The second-order valence-corrected chi connectivity index (χ2v) is 5.49. The number of aromatic nitrogens is 2. The third kappa shape index (κ3) is 3.61. The second-order valence-electron chi connectivity index (χ2n) is 5.05. The number of halogens is 2. The molecule has 2 aromatic rings. The monoisotopic (exact) mass is 341 g/mol. The lowest BCUT2D eigenvalue weighted by Gasteiger charge is -2.15. The average molecular weight is 342 g/mol. The summed E-state index contributed by atoms with van der Waals surface area (Å²) in [5.74, 6) is 2.00. The van der Waals surface area contributed by atoms with Gasteiger partial charge in [0.15, 0.2) is 5.82 Å². The highest BCUT2D eigenvalue weighted by molar-refractivity contribution is 6.30. The number of nitrogens with one attached hydrogen (secondary N) is 1. The lowest BCUT2D eigenvalue weighted by Crippen LogP contribution is -2.24. The Morgan fingerprint density at radius 2 is 2.23 bits per heavy atom. The summed E-state index contributed by atoms with van der Waals surface area (Å²) in [6, 6.07) is 5.82. The standard InChI is InChI=1S/C15H16ClN3O2.ClH/c1-9(17-2)5-14-18-15(21-19-14)11-6-10-7-12(16)3-4-13(10)20-8-11;/h3-4,6-7,9,17H,5,8H2,1-2H3;1H. The van der Waals surface area contributed by atoms with Crippen LogP contribution in [0.1, 0.15) is 24.2 Å². The Morgan fingerprint density at radius 1 is 1.41 bits per heavy atom. The van der Waals surface area contributed by atoms with Crippen molar-refractivity contribution in [3.63, 3.8) is 0 Å². The van der Waals surface area contributed by atoms with Crippen LogP contribution in [0.4, 0.5) is 0 Å². The summed E-state index contributed by atoms with van der Waals surface area (Å²) >= 11 is 6.00. The molecule has 0 radical (unpaired) electrons. The van der Waals surface area contributed by atoms with Gasteiger partial charge < -0.3 is 14.6 Å². The van der Waals surface area contributed by atoms with Crippen molar-refractivity contribution < 1.29 is 9.26 Å². The molecule has 1 aromatic carbocycles. The van der Waals surface area contributed by atoms with Crippen molar-refractivity contribution in [1.29, 1.82) is 0 Å². The van der Waals surface area contributed by atoms with Crippen molar-refractivity contribution in [2.75, 3.05) is 13.7 Å². The van der Waals surface area contributed by atoms with Gasteiger partial charge in [0.2, 0.25) is 0 Å². The molecular formula is C15H17Cl2N3O2. The maximum absolute atomic E-state index is 6.00. The summed E-state index contributed by atoms with van der Waals surface area (Å²) < 4.78 is 11.0. The van der Waals surface area contributed by atoms with Crippen LogP contribution in [0.25, 0.3) is 11.6 Å². The van der Waals surface area contributed by atoms with Crippen LogP contribution in [0.3, 0.4) is 0 Å². The van der Waals surface area contributed by atoms with Crippen molar-refractivity contribution in [3.8, 4) is 5.75 Å². The largest absolute Gasteiger partial charge is 0.488 e. The molecule has 0 bridgehead atoms. The van der Waals surface area contributed by atoms with E-state index in [1.807, 2.05) is 31.3 Å². The summed E-state index contributed by atoms with van der Waals surface area (Å²) in [6.07, 6.45) is 2.69. The van der Waals surface area contributed by atoms with Gasteiger partial charge in [0.05, 0.1) is 5.57 Å². The molecule has 0 fully saturated rings. The molecule has 22 heavy (non-hydrogen) atoms. The van der Waals surface area contributed by atoms with Gasteiger partial charge in [-0.3, -0.25) is 0 Å². The number of benzene rings is 1. The zero-order valence-electron chi connectivity index (χ0n) is 12.3. The Hall–Kier alpha value is -1.56. The molecule has 5 nitrogen and oxygen atoms in total. The van der Waals surface area contributed by atoms with Gasteiger partial charge in [0.1, 0.15) is 12.4 Å². The molecular weight excluding hydrogens is 325 g/mol. The molecule has 1 unspecified atom stereocenters. The fraction of sp³-hybridized carbons (Fsp3) is 0.333. The zero-order valence-corrected chi connectivity index (χ0v) is 13.9. The van der Waals surface area contributed by atoms with Crippen molar-refractivity contribution in [2.45, 2.75) is 19.4 Å². The number of nitrogens with zero attached hydrogens (tertiary/aromatic N) is 2. The second kappa shape index (κ2) is 7.13. The van der Waals surface area contributed by atoms with Gasteiger partial charge in [0.25, 0.3) is 5.89 Å². The summed E-state index contributed by atoms with van der Waals surface area (Å²) in [7, 11) is 1.91. The van der Waals surface area contributed by atoms with Crippen LogP contribution in [0.2, 0.25) is 5.02 Å². The lowest BCUT2D eigenvalue weighted by atomic mass is 10.1. The number of ether oxygens (including phenoxy) is 1. The first-order valence-electron chi connectivity index (χ1n) is 6.79. The first-order valence-corrected chi connectivity index (χ1v) is 7.16. The zero-order chi connectivity index (χ0) is 14.8. The fourth-order valence-corrected chi connectivity index (χ4v) is 2.30. The SMILES string of the molecule is CNC(C)Cc1noc(C2=Cc3cc(Cl)ccc3OC2)n1.Cl. The minimum absolute atomic E-state index is 0. The Labute approximate surface area is 140 Å². The van der Waals surface area contributed by atoms with Crippen molar-refractivity contribution in [2.24, 2.45) is 0 Å². The summed E-state index contributed by atoms with van der Waals surface area (Å²) in [6.45, 7) is 2.48. The molecule has 1 aliphatic rings. The van der Waals surface area contributed by atoms with Gasteiger partial charge in [-0.1, -0.05) is 16.8 Å². The van der Waals surface area contributed by atoms with Gasteiger partial charge in [0, 0.05) is 23.0 Å². The Kier molecular flexibility index (Phi) is 5.45. The van der Waals surface area contributed by atoms with Crippen LogP contribution in [-0.2, 0) is 6.42 Å². The van der Waals surface area contributed by atoms with E-state index < -0.39 is 0 Å². The molecule has 0 spiro atoms. The molecule has 1 N–H and O–H groups in total. The predicted molar refractivity (Wildman–Crippen MR) is 88.6 cm³/mol. The third-order valence-corrected chi connectivity index (χ3v) is 3.64. The van der Waals surface area contributed by atoms with Crippen LogP contribution in [-0.4, -0.2) is 29.8 Å². The highest BCUT2D eigenvalue weighted by atomic mass is 35.5. The molecule has 0 saturated carbocycles. The average Bonchev–Trinajstić information content (AvgIpc) is 2.94. The van der Waals surface area contributed by atoms with E-state index in [2.05, 4.69) is 22.4 Å². The van der Waals surface area contributed by atoms with E-state index in [0.717, 1.165) is 23.3 Å². The van der Waals surface area contributed by atoms with Crippen molar-refractivity contribution in [1.82, 2.24) is 15.5 Å². The number of fused-ring (bicyclic) bond motifs is 1. The van der Waals surface area contributed by atoms with Crippen LogP contribution in [0, 0.1) is 0 Å². The minimum atomic E-state index is 0. The quantitative estimate of drug-likeness (QED) is 0.924. The van der Waals surface area contributed by atoms with E-state index in [1.165, 1.54) is 0 Å². The highest BCUT2D eigenvalue weighted by Crippen LogP contribution is 2.31. The maximum atomic E-state index is 6.00. The first kappa shape index (κ1) is 16.8. The fourth-order valence-electron chi connectivity index (χ4n) is 2.12. The summed E-state index contributed by atoms with van der Waals surface area (Å²) in [5, 5.41) is 7.82. The molecule has 1 aromatic heterocycles. The van der Waals surface area contributed by atoms with Gasteiger partial charge in [-0.05, 0) is 38.2 Å². The molecule has 0 saturated heterocycles. The molecule has 1 atom stereocenters. The van der Waals surface area contributed by atoms with Crippen LogP contribution in [0.15, 0.2) is 22.7 Å². The first-order chi connectivity index (χ1) is 10.2. The third-order valence-electron chi connectivity index (χ3n) is 3.41. The Bertz CT molecular complexity index is 685. The van der Waals surface area contributed by atoms with Crippen molar-refractivity contribution >= 4 is 35.7 Å². The lowest BCUT2D eigenvalue weighted by molar-refractivity contribution is 0.350. The molecule has 0 aliphatic carbocycles. The van der Waals surface area contributed by atoms with Gasteiger partial charge in [-0.25, -0.2) is 0 Å². The molecule has 0 amide bonds. The minimum Gasteiger partial charge on any atom is -0.488 e. The van der Waals surface area contributed by atoms with Crippen LogP contribution in [0.5, 0.6) is 5.75 Å². The van der Waals surface area contributed by atoms with Crippen LogP contribution < -0.4 is 10.1 Å². The smallest absolute Gasteiger partial charge is 0.257 e. The maximum Gasteiger partial charge on any atom is 0.257 e. The normalized spacial score (nSPS) is 14.4. The van der Waals surface area contributed by atoms with E-state index in [1.54, 1.807) is 0 Å². The van der Waals surface area contributed by atoms with E-state index in [4.69, 9.17) is 20.9 Å². The number of rotatable bonds is 4. The van der Waals surface area contributed by atoms with Crippen LogP contribution >= 0.6 is 24.0 Å². The number of likely N-dealkylation sites (N-methyl/N-ethyl adjacent to an activating group) is 1. The number of hydrogen-bond donors (Lipinski definition) is 1. The topological polar surface area (TPSA) is 60.2 Å². The van der Waals surface area contributed by atoms with Gasteiger partial charge in [-0.15, -0.1) is 12.4 Å².